The molecule has 0 N–H and O–H groups in total. The Balaban J connectivity index is 0.00000164. The Hall–Kier alpha value is -0.899. The monoisotopic (exact) mass is 552 g/mol. The van der Waals surface area contributed by atoms with Crippen molar-refractivity contribution >= 4 is 19.4 Å². The van der Waals surface area contributed by atoms with E-state index < -0.39 is 8.07 Å². The fraction of sp³-hybridized carbons (Fsp3) is 0.500. The van der Waals surface area contributed by atoms with Gasteiger partial charge in [-0.3, -0.25) is 0 Å². The first-order valence-corrected chi connectivity index (χ1v) is 16.1. The number of hydrogen-bond acceptors (Lipinski definition) is 0. The molecule has 2 nitrogen and oxygen atoms in total. The predicted octanol–water partition coefficient (Wildman–Crippen LogP) is 11.1. The van der Waals surface area contributed by atoms with Gasteiger partial charge in [-0.1, -0.05) is 134 Å². The van der Waals surface area contributed by atoms with E-state index in [0.717, 1.165) is 11.4 Å². The van der Waals surface area contributed by atoms with Crippen LogP contribution in [0.4, 0.5) is 11.4 Å². The molecule has 0 atom stereocenters. The summed E-state index contributed by atoms with van der Waals surface area (Å²) in [7, 11) is -0.861. The normalized spacial score (nSPS) is 11.6. The van der Waals surface area contributed by atoms with Gasteiger partial charge >= 0.3 is 32.7 Å². The molecule has 2 aromatic carbocycles. The second-order valence-electron chi connectivity index (χ2n) is 11.3. The van der Waals surface area contributed by atoms with Gasteiger partial charge in [0, 0.05) is 0 Å². The van der Waals surface area contributed by atoms with Crippen LogP contribution < -0.4 is 0 Å². The first kappa shape index (κ1) is 33.1. The molecule has 0 aliphatic carbocycles. The van der Waals surface area contributed by atoms with Gasteiger partial charge in [0.15, 0.2) is 0 Å². The smallest absolute Gasteiger partial charge is 0.665 e. The first-order valence-electron chi connectivity index (χ1n) is 12.4. The Morgan fingerprint density at radius 1 is 0.588 bits per heavy atom. The topological polar surface area (TPSA) is 28.2 Å². The molecule has 34 heavy (non-hydrogen) atoms. The van der Waals surface area contributed by atoms with Crippen LogP contribution in [-0.2, 0) is 32.7 Å². The molecule has 0 unspecified atom stereocenters. The number of rotatable bonds is 8. The molecule has 0 fully saturated rings. The van der Waals surface area contributed by atoms with Gasteiger partial charge in [0.1, 0.15) is 0 Å². The number of hydrogen-bond donors (Lipinski definition) is 0. The summed E-state index contributed by atoms with van der Waals surface area (Å²) in [5.41, 5.74) is 7.37. The predicted molar refractivity (Wildman–Crippen MR) is 153 cm³/mol. The van der Waals surface area contributed by atoms with Crippen LogP contribution >= 0.6 is 0 Å². The van der Waals surface area contributed by atoms with Crippen molar-refractivity contribution in [2.75, 3.05) is 0 Å². The molecule has 0 saturated heterocycles. The molecule has 0 bridgehead atoms. The van der Waals surface area contributed by atoms with Crippen LogP contribution in [0.15, 0.2) is 48.8 Å². The minimum Gasteiger partial charge on any atom is -0.665 e. The SMILES string of the molecule is CC(C)c1cccc(C(C)C)c1[N-]/C=C\[N-]c1c(C(C)C)cccc1C(C)C.[CH2-][Si](C)(C)C.[Y+3]. The number of para-hydroxylation sites is 2. The van der Waals surface area contributed by atoms with Crippen LogP contribution in [0.3, 0.4) is 0 Å². The van der Waals surface area contributed by atoms with Gasteiger partial charge < -0.3 is 17.2 Å². The summed E-state index contributed by atoms with van der Waals surface area (Å²) in [6.07, 6.45) is 3.71. The van der Waals surface area contributed by atoms with E-state index in [0.29, 0.717) is 23.7 Å². The Bertz CT molecular complexity index is 767. The maximum atomic E-state index is 4.84. The van der Waals surface area contributed by atoms with E-state index in [9.17, 15) is 0 Å². The first-order chi connectivity index (χ1) is 15.2. The van der Waals surface area contributed by atoms with E-state index in [4.69, 9.17) is 10.6 Å². The van der Waals surface area contributed by atoms with Crippen LogP contribution in [0.5, 0.6) is 0 Å². The van der Waals surface area contributed by atoms with Crippen LogP contribution in [0.1, 0.15) is 101 Å². The van der Waals surface area contributed by atoms with Crippen LogP contribution in [0.2, 0.25) is 19.6 Å². The van der Waals surface area contributed by atoms with Gasteiger partial charge in [-0.2, -0.15) is 12.4 Å². The molecule has 0 aliphatic heterocycles. The Labute approximate surface area is 237 Å². The third kappa shape index (κ3) is 11.2. The Kier molecular flexibility index (Phi) is 14.9. The summed E-state index contributed by atoms with van der Waals surface area (Å²) in [4.78, 5) is 0. The molecular weight excluding hydrogens is 505 g/mol. The number of benzene rings is 2. The molecule has 0 radical (unpaired) electrons. The molecule has 0 spiro atoms. The van der Waals surface area contributed by atoms with E-state index in [1.54, 1.807) is 0 Å². The zero-order valence-electron chi connectivity index (χ0n) is 23.6. The summed E-state index contributed by atoms with van der Waals surface area (Å²) in [6.45, 7) is 28.3. The summed E-state index contributed by atoms with van der Waals surface area (Å²) in [5, 5.41) is 9.68. The van der Waals surface area contributed by atoms with E-state index in [2.05, 4.69) is 118 Å². The van der Waals surface area contributed by atoms with E-state index >= 15 is 0 Å². The molecule has 0 aromatic heterocycles. The zero-order chi connectivity index (χ0) is 25.3. The standard InChI is InChI=1S/C26H36N2.C4H11Si.Y/c1-17(2)21-11-9-12-22(18(3)4)25(21)27-15-16-28-26-23(19(5)6)13-10-14-24(26)20(7)8;1-5(2,3)4;/h9-20H,1-8H3;1H2,2-4H3;/q-2;-1;+3/b16-15-;;. The van der Waals surface area contributed by atoms with Gasteiger partial charge in [-0.25, -0.2) is 0 Å². The van der Waals surface area contributed by atoms with Crippen molar-refractivity contribution in [1.29, 1.82) is 0 Å². The van der Waals surface area contributed by atoms with Gasteiger partial charge in [-0.05, 0) is 23.7 Å². The molecule has 0 heterocycles. The fourth-order valence-corrected chi connectivity index (χ4v) is 3.54. The molecule has 4 heteroatoms. The molecular formula is C30H47N2SiY. The quantitative estimate of drug-likeness (QED) is 0.230. The van der Waals surface area contributed by atoms with Crippen molar-refractivity contribution in [3.05, 3.63) is 88.2 Å². The minimum atomic E-state index is -0.861. The van der Waals surface area contributed by atoms with Crippen molar-refractivity contribution in [3.63, 3.8) is 0 Å². The van der Waals surface area contributed by atoms with E-state index in [1.165, 1.54) is 22.3 Å². The summed E-state index contributed by atoms with van der Waals surface area (Å²) in [6, 6.07) is 13.0. The zero-order valence-corrected chi connectivity index (χ0v) is 27.4. The maximum absolute atomic E-state index is 4.84. The average Bonchev–Trinajstić information content (AvgIpc) is 2.69. The van der Waals surface area contributed by atoms with Gasteiger partial charge in [-0.15, -0.1) is 19.4 Å². The van der Waals surface area contributed by atoms with Gasteiger partial charge in [0.2, 0.25) is 0 Å². The molecule has 0 aliphatic rings. The second-order valence-corrected chi connectivity index (χ2v) is 16.4. The minimum absolute atomic E-state index is 0. The van der Waals surface area contributed by atoms with Gasteiger partial charge in [0.05, 0.1) is 0 Å². The Morgan fingerprint density at radius 2 is 0.794 bits per heavy atom. The molecule has 0 amide bonds. The van der Waals surface area contributed by atoms with Crippen LogP contribution in [0.25, 0.3) is 10.6 Å². The largest absolute Gasteiger partial charge is 3.00 e. The summed E-state index contributed by atoms with van der Waals surface area (Å²) < 4.78 is 0. The van der Waals surface area contributed by atoms with Crippen molar-refractivity contribution in [3.8, 4) is 0 Å². The van der Waals surface area contributed by atoms with Crippen molar-refractivity contribution in [2.24, 2.45) is 0 Å². The second kappa shape index (κ2) is 15.3. The average molecular weight is 553 g/mol. The van der Waals surface area contributed by atoms with Crippen molar-refractivity contribution in [2.45, 2.75) is 98.7 Å². The molecule has 0 saturated carbocycles. The molecule has 184 valence electrons. The van der Waals surface area contributed by atoms with Crippen LogP contribution in [-0.4, -0.2) is 8.07 Å². The maximum Gasteiger partial charge on any atom is 3.00 e. The van der Waals surface area contributed by atoms with E-state index in [-0.39, 0.29) is 32.7 Å². The van der Waals surface area contributed by atoms with E-state index in [1.807, 2.05) is 12.4 Å². The summed E-state index contributed by atoms with van der Waals surface area (Å²) in [5.74, 6) is 1.77. The fourth-order valence-electron chi connectivity index (χ4n) is 3.54. The van der Waals surface area contributed by atoms with Crippen molar-refractivity contribution in [1.82, 2.24) is 0 Å². The molecule has 2 rings (SSSR count). The molecule has 2 aromatic rings. The van der Waals surface area contributed by atoms with Crippen LogP contribution in [0, 0.1) is 6.55 Å². The number of nitrogens with zero attached hydrogens (tertiary/aromatic N) is 2. The third-order valence-electron chi connectivity index (χ3n) is 5.16. The van der Waals surface area contributed by atoms with Crippen molar-refractivity contribution < 1.29 is 32.7 Å². The third-order valence-corrected chi connectivity index (χ3v) is 5.16. The Morgan fingerprint density at radius 3 is 0.971 bits per heavy atom. The van der Waals surface area contributed by atoms with Gasteiger partial charge in [0.25, 0.3) is 0 Å². The summed E-state index contributed by atoms with van der Waals surface area (Å²) >= 11 is 0.